The lowest BCUT2D eigenvalue weighted by Gasteiger charge is -2.25. The summed E-state index contributed by atoms with van der Waals surface area (Å²) in [5.74, 6) is 4.58. The molecular weight excluding hydrogens is 248 g/mol. The Bertz CT molecular complexity index is 492. The van der Waals surface area contributed by atoms with Crippen LogP contribution in [0.2, 0.25) is 0 Å². The highest BCUT2D eigenvalue weighted by molar-refractivity contribution is 5.48. The number of hydrogen-bond acceptors (Lipinski definition) is 4. The van der Waals surface area contributed by atoms with E-state index in [1.807, 2.05) is 13.1 Å². The molecule has 0 amide bonds. The minimum Gasteiger partial charge on any atom is -0.373 e. The quantitative estimate of drug-likeness (QED) is 0.886. The van der Waals surface area contributed by atoms with Gasteiger partial charge in [-0.25, -0.2) is 9.97 Å². The number of rotatable bonds is 3. The Morgan fingerprint density at radius 3 is 2.40 bits per heavy atom. The van der Waals surface area contributed by atoms with E-state index in [2.05, 4.69) is 36.4 Å². The number of nitrogens with one attached hydrogen (secondary N) is 2. The molecule has 0 radical (unpaired) electrons. The van der Waals surface area contributed by atoms with Crippen LogP contribution in [0, 0.1) is 11.8 Å². The summed E-state index contributed by atoms with van der Waals surface area (Å²) >= 11 is 0. The van der Waals surface area contributed by atoms with E-state index >= 15 is 0 Å². The van der Waals surface area contributed by atoms with E-state index in [1.165, 1.54) is 25.7 Å². The van der Waals surface area contributed by atoms with E-state index < -0.39 is 0 Å². The van der Waals surface area contributed by atoms with E-state index in [0.717, 1.165) is 29.3 Å². The smallest absolute Gasteiger partial charge is 0.138 e. The molecule has 0 aromatic carbocycles. The highest BCUT2D eigenvalue weighted by Gasteiger charge is 2.39. The van der Waals surface area contributed by atoms with Gasteiger partial charge in [0.15, 0.2) is 0 Å². The predicted molar refractivity (Wildman–Crippen MR) is 83.1 cm³/mol. The topological polar surface area (TPSA) is 49.8 Å². The Kier molecular flexibility index (Phi) is 3.35. The zero-order valence-electron chi connectivity index (χ0n) is 13.0. The molecule has 0 aliphatic heterocycles. The standard InChI is InChI=1S/C16H26N4/c1-16(2,3)15-19-13(17-4)9-14(20-15)18-12-8-10-5-6-11(12)7-10/h9-12H,5-8H2,1-4H3,(H2,17,18,19,20). The fourth-order valence-electron chi connectivity index (χ4n) is 3.60. The van der Waals surface area contributed by atoms with Gasteiger partial charge in [-0.15, -0.1) is 0 Å². The second-order valence-corrected chi connectivity index (χ2v) is 7.39. The van der Waals surface area contributed by atoms with Crippen LogP contribution < -0.4 is 10.6 Å². The van der Waals surface area contributed by atoms with Gasteiger partial charge in [0.1, 0.15) is 17.5 Å². The first-order chi connectivity index (χ1) is 9.45. The van der Waals surface area contributed by atoms with Crippen LogP contribution >= 0.6 is 0 Å². The number of hydrogen-bond donors (Lipinski definition) is 2. The van der Waals surface area contributed by atoms with Gasteiger partial charge in [-0.3, -0.25) is 0 Å². The molecule has 0 saturated heterocycles. The van der Waals surface area contributed by atoms with E-state index in [9.17, 15) is 0 Å². The summed E-state index contributed by atoms with van der Waals surface area (Å²) < 4.78 is 0. The maximum absolute atomic E-state index is 4.74. The lowest BCUT2D eigenvalue weighted by atomic mass is 9.95. The molecule has 110 valence electrons. The Hall–Kier alpha value is -1.32. The Labute approximate surface area is 121 Å². The average molecular weight is 274 g/mol. The van der Waals surface area contributed by atoms with Crippen molar-refractivity contribution in [1.82, 2.24) is 9.97 Å². The van der Waals surface area contributed by atoms with Crippen LogP contribution in [0.4, 0.5) is 11.6 Å². The molecule has 2 saturated carbocycles. The zero-order chi connectivity index (χ0) is 14.3. The molecule has 4 nitrogen and oxygen atoms in total. The molecule has 2 aliphatic carbocycles. The first-order valence-corrected chi connectivity index (χ1v) is 7.79. The highest BCUT2D eigenvalue weighted by Crippen LogP contribution is 2.45. The third kappa shape index (κ3) is 2.60. The molecule has 4 heteroatoms. The monoisotopic (exact) mass is 274 g/mol. The molecule has 1 heterocycles. The fourth-order valence-corrected chi connectivity index (χ4v) is 3.60. The van der Waals surface area contributed by atoms with E-state index in [4.69, 9.17) is 4.98 Å². The SMILES string of the molecule is CNc1cc(NC2CC3CCC2C3)nc(C(C)(C)C)n1. The lowest BCUT2D eigenvalue weighted by Crippen LogP contribution is -2.27. The van der Waals surface area contributed by atoms with Gasteiger partial charge in [-0.2, -0.15) is 0 Å². The summed E-state index contributed by atoms with van der Waals surface area (Å²) in [7, 11) is 1.91. The Morgan fingerprint density at radius 2 is 1.85 bits per heavy atom. The minimum atomic E-state index is -0.0298. The third-order valence-electron chi connectivity index (χ3n) is 4.72. The molecular formula is C16H26N4. The van der Waals surface area contributed by atoms with Crippen LogP contribution in [-0.4, -0.2) is 23.1 Å². The van der Waals surface area contributed by atoms with Crippen LogP contribution in [0.1, 0.15) is 52.3 Å². The first kappa shape index (κ1) is 13.7. The van der Waals surface area contributed by atoms with Gasteiger partial charge in [-0.1, -0.05) is 27.2 Å². The summed E-state index contributed by atoms with van der Waals surface area (Å²) in [6.45, 7) is 6.47. The number of aromatic nitrogens is 2. The van der Waals surface area contributed by atoms with Gasteiger partial charge in [0, 0.05) is 24.6 Å². The van der Waals surface area contributed by atoms with Crippen molar-refractivity contribution in [1.29, 1.82) is 0 Å². The number of nitrogens with zero attached hydrogens (tertiary/aromatic N) is 2. The summed E-state index contributed by atoms with van der Waals surface area (Å²) in [6.07, 6.45) is 5.54. The van der Waals surface area contributed by atoms with Crippen LogP contribution in [0.25, 0.3) is 0 Å². The Morgan fingerprint density at radius 1 is 1.10 bits per heavy atom. The third-order valence-corrected chi connectivity index (χ3v) is 4.72. The van der Waals surface area contributed by atoms with Crippen molar-refractivity contribution in [2.45, 2.75) is 57.9 Å². The summed E-state index contributed by atoms with van der Waals surface area (Å²) in [5.41, 5.74) is -0.0298. The van der Waals surface area contributed by atoms with Gasteiger partial charge < -0.3 is 10.6 Å². The summed E-state index contributed by atoms with van der Waals surface area (Å²) in [5, 5.41) is 6.82. The molecule has 20 heavy (non-hydrogen) atoms. The fraction of sp³-hybridized carbons (Fsp3) is 0.750. The predicted octanol–water partition coefficient (Wildman–Crippen LogP) is 3.42. The maximum Gasteiger partial charge on any atom is 0.138 e. The van der Waals surface area contributed by atoms with Crippen molar-refractivity contribution in [2.24, 2.45) is 11.8 Å². The van der Waals surface area contributed by atoms with E-state index in [0.29, 0.717) is 6.04 Å². The van der Waals surface area contributed by atoms with Gasteiger partial charge in [-0.05, 0) is 31.1 Å². The van der Waals surface area contributed by atoms with Crippen molar-refractivity contribution < 1.29 is 0 Å². The second-order valence-electron chi connectivity index (χ2n) is 7.39. The van der Waals surface area contributed by atoms with Gasteiger partial charge in [0.25, 0.3) is 0 Å². The van der Waals surface area contributed by atoms with Crippen molar-refractivity contribution in [2.75, 3.05) is 17.7 Å². The largest absolute Gasteiger partial charge is 0.373 e. The van der Waals surface area contributed by atoms with Crippen molar-refractivity contribution in [3.63, 3.8) is 0 Å². The molecule has 1 aromatic rings. The van der Waals surface area contributed by atoms with E-state index in [1.54, 1.807) is 0 Å². The molecule has 3 rings (SSSR count). The molecule has 2 fully saturated rings. The summed E-state index contributed by atoms with van der Waals surface area (Å²) in [4.78, 5) is 9.32. The normalized spacial score (nSPS) is 28.7. The van der Waals surface area contributed by atoms with Crippen molar-refractivity contribution >= 4 is 11.6 Å². The average Bonchev–Trinajstić information content (AvgIpc) is 2.99. The highest BCUT2D eigenvalue weighted by atomic mass is 15.1. The summed E-state index contributed by atoms with van der Waals surface area (Å²) in [6, 6.07) is 2.64. The number of anilines is 2. The molecule has 3 unspecified atom stereocenters. The van der Waals surface area contributed by atoms with E-state index in [-0.39, 0.29) is 5.41 Å². The number of fused-ring (bicyclic) bond motifs is 2. The molecule has 2 N–H and O–H groups in total. The van der Waals surface area contributed by atoms with Gasteiger partial charge >= 0.3 is 0 Å². The van der Waals surface area contributed by atoms with Crippen molar-refractivity contribution in [3.05, 3.63) is 11.9 Å². The molecule has 3 atom stereocenters. The minimum absolute atomic E-state index is 0.0298. The van der Waals surface area contributed by atoms with Crippen LogP contribution in [0.15, 0.2) is 6.07 Å². The van der Waals surface area contributed by atoms with Crippen molar-refractivity contribution in [3.8, 4) is 0 Å². The molecule has 0 spiro atoms. The zero-order valence-corrected chi connectivity index (χ0v) is 13.0. The lowest BCUT2D eigenvalue weighted by molar-refractivity contribution is 0.438. The Balaban J connectivity index is 1.82. The molecule has 1 aromatic heterocycles. The maximum atomic E-state index is 4.74. The molecule has 2 bridgehead atoms. The van der Waals surface area contributed by atoms with Crippen LogP contribution in [0.3, 0.4) is 0 Å². The van der Waals surface area contributed by atoms with Gasteiger partial charge in [0.05, 0.1) is 0 Å². The van der Waals surface area contributed by atoms with Gasteiger partial charge in [0.2, 0.25) is 0 Å². The molecule has 2 aliphatic rings. The van der Waals surface area contributed by atoms with Crippen LogP contribution in [-0.2, 0) is 5.41 Å². The first-order valence-electron chi connectivity index (χ1n) is 7.79. The van der Waals surface area contributed by atoms with Crippen LogP contribution in [0.5, 0.6) is 0 Å². The second kappa shape index (κ2) is 4.90.